The Labute approximate surface area is 206 Å². The Morgan fingerprint density at radius 3 is 2.54 bits per heavy atom. The summed E-state index contributed by atoms with van der Waals surface area (Å²) < 4.78 is 27.8. The number of pyridine rings is 1. The van der Waals surface area contributed by atoms with Crippen LogP contribution in [-0.2, 0) is 17.3 Å². The number of hydrogen-bond acceptors (Lipinski definition) is 9. The third kappa shape index (κ3) is 6.53. The third-order valence-corrected chi connectivity index (χ3v) is 6.49. The highest BCUT2D eigenvalue weighted by Gasteiger charge is 2.29. The van der Waals surface area contributed by atoms with E-state index in [1.54, 1.807) is 36.6 Å². The number of nitrogens with one attached hydrogen (secondary N) is 2. The van der Waals surface area contributed by atoms with Crippen LogP contribution in [0.25, 0.3) is 10.6 Å². The van der Waals surface area contributed by atoms with E-state index in [1.165, 1.54) is 6.92 Å². The van der Waals surface area contributed by atoms with Crippen molar-refractivity contribution < 1.29 is 13.6 Å². The van der Waals surface area contributed by atoms with Gasteiger partial charge in [-0.3, -0.25) is 9.69 Å². The molecule has 0 bridgehead atoms. The highest BCUT2D eigenvalue weighted by Crippen LogP contribution is 2.35. The molecule has 0 aromatic carbocycles. The summed E-state index contributed by atoms with van der Waals surface area (Å²) in [6.07, 6.45) is 3.46. The minimum atomic E-state index is -3.18. The molecule has 1 fully saturated rings. The van der Waals surface area contributed by atoms with Gasteiger partial charge in [-0.1, -0.05) is 0 Å². The fourth-order valence-electron chi connectivity index (χ4n) is 3.68. The molecule has 4 rings (SSSR count). The molecule has 3 aromatic rings. The second-order valence-corrected chi connectivity index (χ2v) is 9.85. The van der Waals surface area contributed by atoms with Crippen molar-refractivity contribution in [1.82, 2.24) is 29.7 Å². The van der Waals surface area contributed by atoms with Gasteiger partial charge in [-0.2, -0.15) is 8.78 Å². The van der Waals surface area contributed by atoms with E-state index in [0.717, 1.165) is 49.5 Å². The van der Waals surface area contributed by atoms with E-state index in [0.29, 0.717) is 22.8 Å². The van der Waals surface area contributed by atoms with Gasteiger partial charge in [0.25, 0.3) is 0 Å². The van der Waals surface area contributed by atoms with E-state index in [9.17, 15) is 13.6 Å². The topological polar surface area (TPSA) is 99.2 Å². The Hall–Kier alpha value is -3.09. The molecule has 0 aliphatic carbocycles. The number of anilines is 3. The molecule has 1 saturated heterocycles. The van der Waals surface area contributed by atoms with Crippen molar-refractivity contribution in [2.75, 3.05) is 43.9 Å². The second-order valence-electron chi connectivity index (χ2n) is 8.74. The van der Waals surface area contributed by atoms with Crippen molar-refractivity contribution in [1.29, 1.82) is 0 Å². The number of thiazole rings is 1. The standard InChI is InChI=1S/C23H28F2N8OS/c1-14-9-20(31-22(28-14)23(3,24)25)30-18-10-19(29-15(2)34)26-12-17(18)21-27-11-16(35-21)13-33-7-5-32(4)6-8-33/h9-12H,5-8,13H2,1-4H3,(H2,26,28,29,30,31,34). The zero-order valence-electron chi connectivity index (χ0n) is 20.1. The average molecular weight is 503 g/mol. The number of carbonyl (C=O) groups excluding carboxylic acids is 1. The van der Waals surface area contributed by atoms with Gasteiger partial charge in [0.15, 0.2) is 0 Å². The molecule has 2 N–H and O–H groups in total. The average Bonchev–Trinajstić information content (AvgIpc) is 3.22. The van der Waals surface area contributed by atoms with E-state index in [4.69, 9.17) is 0 Å². The maximum atomic E-state index is 13.9. The van der Waals surface area contributed by atoms with Crippen molar-refractivity contribution >= 4 is 34.6 Å². The first-order chi connectivity index (χ1) is 16.6. The summed E-state index contributed by atoms with van der Waals surface area (Å²) in [6.45, 7) is 8.65. The first-order valence-corrected chi connectivity index (χ1v) is 12.0. The van der Waals surface area contributed by atoms with Crippen LogP contribution in [0.4, 0.5) is 26.1 Å². The molecule has 1 aliphatic rings. The Bertz CT molecular complexity index is 1200. The van der Waals surface area contributed by atoms with E-state index < -0.39 is 11.7 Å². The molecular weight excluding hydrogens is 474 g/mol. The molecule has 0 unspecified atom stereocenters. The van der Waals surface area contributed by atoms with Crippen molar-refractivity contribution in [3.05, 3.63) is 40.9 Å². The molecule has 0 radical (unpaired) electrons. The lowest BCUT2D eigenvalue weighted by Gasteiger charge is -2.31. The lowest BCUT2D eigenvalue weighted by atomic mass is 10.2. The Kier molecular flexibility index (Phi) is 7.33. The van der Waals surface area contributed by atoms with E-state index in [1.807, 2.05) is 6.20 Å². The predicted octanol–water partition coefficient (Wildman–Crippen LogP) is 3.86. The van der Waals surface area contributed by atoms with Gasteiger partial charge in [0.05, 0.1) is 11.3 Å². The van der Waals surface area contributed by atoms with Crippen molar-refractivity contribution in [2.45, 2.75) is 33.2 Å². The summed E-state index contributed by atoms with van der Waals surface area (Å²) >= 11 is 1.55. The summed E-state index contributed by atoms with van der Waals surface area (Å²) in [5, 5.41) is 6.48. The molecule has 3 aromatic heterocycles. The van der Waals surface area contributed by atoms with Crippen LogP contribution in [0.3, 0.4) is 0 Å². The zero-order chi connectivity index (χ0) is 25.2. The largest absolute Gasteiger partial charge is 0.339 e. The lowest BCUT2D eigenvalue weighted by Crippen LogP contribution is -2.43. The van der Waals surface area contributed by atoms with Crippen LogP contribution in [-0.4, -0.2) is 68.9 Å². The quantitative estimate of drug-likeness (QED) is 0.503. The second kappa shape index (κ2) is 10.3. The van der Waals surface area contributed by atoms with Gasteiger partial charge in [-0.25, -0.2) is 19.9 Å². The van der Waals surface area contributed by atoms with E-state index >= 15 is 0 Å². The van der Waals surface area contributed by atoms with Crippen LogP contribution < -0.4 is 10.6 Å². The number of likely N-dealkylation sites (N-methyl/N-ethyl adjacent to an activating group) is 1. The number of amides is 1. The molecule has 1 amide bonds. The Morgan fingerprint density at radius 1 is 1.11 bits per heavy atom. The van der Waals surface area contributed by atoms with Gasteiger partial charge in [-0.05, 0) is 14.0 Å². The number of alkyl halides is 2. The van der Waals surface area contributed by atoms with Crippen LogP contribution >= 0.6 is 11.3 Å². The summed E-state index contributed by atoms with van der Waals surface area (Å²) in [5.74, 6) is -3.49. The van der Waals surface area contributed by atoms with Gasteiger partial charge in [0, 0.05) is 81.7 Å². The number of halogens is 2. The molecule has 0 saturated carbocycles. The Balaban J connectivity index is 1.64. The maximum Gasteiger partial charge on any atom is 0.303 e. The fourth-order valence-corrected chi connectivity index (χ4v) is 4.66. The monoisotopic (exact) mass is 502 g/mol. The first-order valence-electron chi connectivity index (χ1n) is 11.2. The normalized spacial score (nSPS) is 15.3. The number of piperazine rings is 1. The van der Waals surface area contributed by atoms with Crippen molar-refractivity contribution in [3.63, 3.8) is 0 Å². The van der Waals surface area contributed by atoms with Crippen molar-refractivity contribution in [3.8, 4) is 10.6 Å². The molecule has 0 atom stereocenters. The van der Waals surface area contributed by atoms with Crippen LogP contribution in [0.1, 0.15) is 30.2 Å². The van der Waals surface area contributed by atoms with E-state index in [-0.39, 0.29) is 11.7 Å². The maximum absolute atomic E-state index is 13.9. The third-order valence-electron chi connectivity index (χ3n) is 5.48. The van der Waals surface area contributed by atoms with E-state index in [2.05, 4.69) is 47.4 Å². The highest BCUT2D eigenvalue weighted by atomic mass is 32.1. The SMILES string of the molecule is CC(=O)Nc1cc(Nc2cc(C)nc(C(C)(F)F)n2)c(-c2ncc(CN3CCN(C)CC3)s2)cn1. The number of hydrogen-bond donors (Lipinski definition) is 2. The molecule has 1 aliphatic heterocycles. The number of aromatic nitrogens is 4. The first kappa shape index (κ1) is 25.0. The summed E-state index contributed by atoms with van der Waals surface area (Å²) in [6, 6.07) is 3.22. The molecule has 4 heterocycles. The number of rotatable bonds is 7. The number of nitrogens with zero attached hydrogens (tertiary/aromatic N) is 6. The van der Waals surface area contributed by atoms with Gasteiger partial charge in [0.1, 0.15) is 16.6 Å². The fraction of sp³-hybridized carbons (Fsp3) is 0.435. The van der Waals surface area contributed by atoms with Crippen LogP contribution in [0.15, 0.2) is 24.5 Å². The molecule has 12 heteroatoms. The van der Waals surface area contributed by atoms with Crippen LogP contribution in [0.5, 0.6) is 0 Å². The van der Waals surface area contributed by atoms with Gasteiger partial charge < -0.3 is 15.5 Å². The summed E-state index contributed by atoms with van der Waals surface area (Å²) in [7, 11) is 2.12. The van der Waals surface area contributed by atoms with Gasteiger partial charge in [-0.15, -0.1) is 11.3 Å². The van der Waals surface area contributed by atoms with Crippen molar-refractivity contribution in [2.24, 2.45) is 0 Å². The number of aryl methyl sites for hydroxylation is 1. The smallest absolute Gasteiger partial charge is 0.303 e. The van der Waals surface area contributed by atoms with Gasteiger partial charge in [0.2, 0.25) is 11.7 Å². The van der Waals surface area contributed by atoms with Crippen LogP contribution in [0.2, 0.25) is 0 Å². The predicted molar refractivity (Wildman–Crippen MR) is 132 cm³/mol. The highest BCUT2D eigenvalue weighted by molar-refractivity contribution is 7.15. The molecule has 9 nitrogen and oxygen atoms in total. The molecule has 35 heavy (non-hydrogen) atoms. The summed E-state index contributed by atoms with van der Waals surface area (Å²) in [5.41, 5.74) is 1.61. The van der Waals surface area contributed by atoms with Crippen LogP contribution in [0, 0.1) is 6.92 Å². The summed E-state index contributed by atoms with van der Waals surface area (Å²) in [4.78, 5) is 34.2. The minimum Gasteiger partial charge on any atom is -0.339 e. The van der Waals surface area contributed by atoms with Gasteiger partial charge >= 0.3 is 5.92 Å². The minimum absolute atomic E-state index is 0.212. The lowest BCUT2D eigenvalue weighted by molar-refractivity contribution is -0.114. The number of carbonyl (C=O) groups is 1. The zero-order valence-corrected chi connectivity index (χ0v) is 20.9. The molecule has 0 spiro atoms. The molecular formula is C23H28F2N8OS. The Morgan fingerprint density at radius 2 is 1.86 bits per heavy atom. The molecule has 186 valence electrons.